The normalized spacial score (nSPS) is 9.46. The van der Waals surface area contributed by atoms with Gasteiger partial charge in [0.15, 0.2) is 0 Å². The minimum Gasteiger partial charge on any atom is -0.364 e. The molecule has 0 amide bonds. The largest absolute Gasteiger partial charge is 0.364 e. The van der Waals surface area contributed by atoms with Crippen LogP contribution in [0.1, 0.15) is 5.56 Å². The first-order valence-electron chi connectivity index (χ1n) is 3.81. The fourth-order valence-corrected chi connectivity index (χ4v) is 1.16. The first kappa shape index (κ1) is 7.56. The molecule has 1 heterocycles. The Labute approximate surface area is 75.2 Å². The van der Waals surface area contributed by atoms with E-state index >= 15 is 0 Å². The number of aromatic nitrogens is 1. The maximum atomic E-state index is 8.81. The standard InChI is InChI=1S/C10H6N2O/c11-7-8-3-1-2-4-9(8)10-5-6-13-12-10/h1-6H. The number of nitriles is 1. The Morgan fingerprint density at radius 3 is 2.77 bits per heavy atom. The molecule has 1 aromatic heterocycles. The highest BCUT2D eigenvalue weighted by atomic mass is 16.5. The van der Waals surface area contributed by atoms with Crippen LogP contribution in [0.15, 0.2) is 41.1 Å². The lowest BCUT2D eigenvalue weighted by atomic mass is 10.1. The van der Waals surface area contributed by atoms with E-state index in [4.69, 9.17) is 9.78 Å². The predicted octanol–water partition coefficient (Wildman–Crippen LogP) is 2.21. The maximum absolute atomic E-state index is 8.81. The van der Waals surface area contributed by atoms with Gasteiger partial charge in [-0.05, 0) is 6.07 Å². The molecule has 0 atom stereocenters. The summed E-state index contributed by atoms with van der Waals surface area (Å²) in [4.78, 5) is 0. The van der Waals surface area contributed by atoms with E-state index in [2.05, 4.69) is 11.2 Å². The number of nitrogens with zero attached hydrogens (tertiary/aromatic N) is 2. The Balaban J connectivity index is 2.59. The second-order valence-corrected chi connectivity index (χ2v) is 2.54. The molecule has 0 fully saturated rings. The SMILES string of the molecule is N#Cc1ccccc1-c1ccon1. The summed E-state index contributed by atoms with van der Waals surface area (Å²) in [5.41, 5.74) is 2.10. The van der Waals surface area contributed by atoms with Crippen LogP contribution in [0.5, 0.6) is 0 Å². The zero-order chi connectivity index (χ0) is 9.10. The zero-order valence-corrected chi connectivity index (χ0v) is 6.77. The molecule has 0 N–H and O–H groups in total. The summed E-state index contributed by atoms with van der Waals surface area (Å²) in [7, 11) is 0. The van der Waals surface area contributed by atoms with Gasteiger partial charge in [0.05, 0.1) is 11.6 Å². The molecular weight excluding hydrogens is 164 g/mol. The summed E-state index contributed by atoms with van der Waals surface area (Å²) < 4.78 is 4.71. The summed E-state index contributed by atoms with van der Waals surface area (Å²) in [5, 5.41) is 12.6. The average molecular weight is 170 g/mol. The van der Waals surface area contributed by atoms with E-state index in [0.29, 0.717) is 11.3 Å². The summed E-state index contributed by atoms with van der Waals surface area (Å²) in [5.74, 6) is 0. The molecule has 0 radical (unpaired) electrons. The van der Waals surface area contributed by atoms with Crippen molar-refractivity contribution in [3.63, 3.8) is 0 Å². The minimum absolute atomic E-state index is 0.608. The molecule has 0 unspecified atom stereocenters. The first-order valence-corrected chi connectivity index (χ1v) is 3.81. The van der Waals surface area contributed by atoms with Gasteiger partial charge >= 0.3 is 0 Å². The van der Waals surface area contributed by atoms with Crippen LogP contribution < -0.4 is 0 Å². The van der Waals surface area contributed by atoms with Crippen molar-refractivity contribution in [3.8, 4) is 17.3 Å². The van der Waals surface area contributed by atoms with Crippen molar-refractivity contribution >= 4 is 0 Å². The molecule has 1 aromatic carbocycles. The molecule has 0 saturated carbocycles. The third-order valence-corrected chi connectivity index (χ3v) is 1.76. The summed E-state index contributed by atoms with van der Waals surface area (Å²) in [6, 6.07) is 11.1. The summed E-state index contributed by atoms with van der Waals surface area (Å²) in [6.07, 6.45) is 1.49. The second-order valence-electron chi connectivity index (χ2n) is 2.54. The van der Waals surface area contributed by atoms with Gasteiger partial charge in [0.25, 0.3) is 0 Å². The van der Waals surface area contributed by atoms with Gasteiger partial charge in [-0.15, -0.1) is 0 Å². The quantitative estimate of drug-likeness (QED) is 0.659. The van der Waals surface area contributed by atoms with Crippen molar-refractivity contribution in [2.24, 2.45) is 0 Å². The van der Waals surface area contributed by atoms with E-state index in [1.165, 1.54) is 6.26 Å². The van der Waals surface area contributed by atoms with Gasteiger partial charge < -0.3 is 4.52 Å². The molecule has 62 valence electrons. The van der Waals surface area contributed by atoms with Crippen LogP contribution in [0, 0.1) is 11.3 Å². The highest BCUT2D eigenvalue weighted by molar-refractivity contribution is 5.66. The van der Waals surface area contributed by atoms with Gasteiger partial charge in [-0.1, -0.05) is 23.4 Å². The minimum atomic E-state index is 0.608. The smallest absolute Gasteiger partial charge is 0.124 e. The highest BCUT2D eigenvalue weighted by Crippen LogP contribution is 2.20. The van der Waals surface area contributed by atoms with Gasteiger partial charge in [-0.3, -0.25) is 0 Å². The molecule has 2 aromatic rings. The van der Waals surface area contributed by atoms with Gasteiger partial charge in [-0.2, -0.15) is 5.26 Å². The molecule has 3 nitrogen and oxygen atoms in total. The van der Waals surface area contributed by atoms with E-state index in [1.807, 2.05) is 18.2 Å². The van der Waals surface area contributed by atoms with Crippen LogP contribution in [0.2, 0.25) is 0 Å². The van der Waals surface area contributed by atoms with Crippen molar-refractivity contribution < 1.29 is 4.52 Å². The Morgan fingerprint density at radius 1 is 1.23 bits per heavy atom. The Bertz CT molecular complexity index is 440. The molecular formula is C10H6N2O. The number of benzene rings is 1. The van der Waals surface area contributed by atoms with Crippen LogP contribution in [0.3, 0.4) is 0 Å². The van der Waals surface area contributed by atoms with Crippen molar-refractivity contribution in [2.45, 2.75) is 0 Å². The van der Waals surface area contributed by atoms with E-state index in [1.54, 1.807) is 12.1 Å². The average Bonchev–Trinajstić information content (AvgIpc) is 2.70. The van der Waals surface area contributed by atoms with Crippen molar-refractivity contribution in [1.29, 1.82) is 5.26 Å². The molecule has 13 heavy (non-hydrogen) atoms. The van der Waals surface area contributed by atoms with Gasteiger partial charge in [0.1, 0.15) is 12.0 Å². The third kappa shape index (κ3) is 1.30. The molecule has 0 aliphatic carbocycles. The summed E-state index contributed by atoms with van der Waals surface area (Å²) in [6.45, 7) is 0. The van der Waals surface area contributed by atoms with Gasteiger partial charge in [-0.25, -0.2) is 0 Å². The van der Waals surface area contributed by atoms with Crippen LogP contribution in [0.4, 0.5) is 0 Å². The van der Waals surface area contributed by atoms with Crippen molar-refractivity contribution in [1.82, 2.24) is 5.16 Å². The number of hydrogen-bond donors (Lipinski definition) is 0. The Hall–Kier alpha value is -2.08. The van der Waals surface area contributed by atoms with Gasteiger partial charge in [0.2, 0.25) is 0 Å². The fraction of sp³-hybridized carbons (Fsp3) is 0. The number of rotatable bonds is 1. The van der Waals surface area contributed by atoms with E-state index in [9.17, 15) is 0 Å². The van der Waals surface area contributed by atoms with E-state index < -0.39 is 0 Å². The predicted molar refractivity (Wildman–Crippen MR) is 46.7 cm³/mol. The van der Waals surface area contributed by atoms with E-state index in [-0.39, 0.29) is 0 Å². The molecule has 0 spiro atoms. The maximum Gasteiger partial charge on any atom is 0.124 e. The molecule has 3 heteroatoms. The van der Waals surface area contributed by atoms with Gasteiger partial charge in [0, 0.05) is 11.6 Å². The molecule has 2 rings (SSSR count). The van der Waals surface area contributed by atoms with Crippen LogP contribution >= 0.6 is 0 Å². The third-order valence-electron chi connectivity index (χ3n) is 1.76. The monoisotopic (exact) mass is 170 g/mol. The second kappa shape index (κ2) is 3.11. The molecule has 0 bridgehead atoms. The molecule has 0 aliphatic rings. The van der Waals surface area contributed by atoms with Crippen LogP contribution in [-0.4, -0.2) is 5.16 Å². The van der Waals surface area contributed by atoms with Crippen molar-refractivity contribution in [3.05, 3.63) is 42.2 Å². The fourth-order valence-electron chi connectivity index (χ4n) is 1.16. The lowest BCUT2D eigenvalue weighted by Crippen LogP contribution is -1.82. The lowest BCUT2D eigenvalue weighted by molar-refractivity contribution is 0.422. The lowest BCUT2D eigenvalue weighted by Gasteiger charge is -1.96. The van der Waals surface area contributed by atoms with E-state index in [0.717, 1.165) is 5.56 Å². The first-order chi connectivity index (χ1) is 6.42. The zero-order valence-electron chi connectivity index (χ0n) is 6.77. The highest BCUT2D eigenvalue weighted by Gasteiger charge is 2.05. The van der Waals surface area contributed by atoms with Crippen LogP contribution in [-0.2, 0) is 0 Å². The molecule has 0 saturated heterocycles. The molecule has 0 aliphatic heterocycles. The summed E-state index contributed by atoms with van der Waals surface area (Å²) >= 11 is 0. The number of hydrogen-bond acceptors (Lipinski definition) is 3. The van der Waals surface area contributed by atoms with Crippen LogP contribution in [0.25, 0.3) is 11.3 Å². The Kier molecular flexibility index (Phi) is 1.81. The Morgan fingerprint density at radius 2 is 2.08 bits per heavy atom. The topological polar surface area (TPSA) is 49.8 Å². The van der Waals surface area contributed by atoms with Crippen molar-refractivity contribution in [2.75, 3.05) is 0 Å².